The predicted octanol–water partition coefficient (Wildman–Crippen LogP) is 3.87. The molecule has 0 spiro atoms. The van der Waals surface area contributed by atoms with E-state index in [0.29, 0.717) is 59.2 Å². The molecule has 0 bridgehead atoms. The largest absolute Gasteiger partial charge is 0.453 e. The van der Waals surface area contributed by atoms with Crippen molar-refractivity contribution in [2.45, 2.75) is 18.4 Å². The van der Waals surface area contributed by atoms with Gasteiger partial charge in [-0.2, -0.15) is 0 Å². The van der Waals surface area contributed by atoms with Crippen molar-refractivity contribution in [2.24, 2.45) is 0 Å². The summed E-state index contributed by atoms with van der Waals surface area (Å²) in [5.41, 5.74) is 3.50. The van der Waals surface area contributed by atoms with Crippen LogP contribution in [0.5, 0.6) is 0 Å². The standard InChI is InChI=1S/C23H25ClFN4O4P/c1-26-22(30)14-3-4-16(17(24)9-14)20-18(11-15-12-28(7-8-33-15)23(31)32-2)29-6-5-13(21(25)34)10-19(29)27-20/h3-6,9-10,15,21H,7-8,11-12,34H2,1-2H3,(H,26,30)/t15-,21?/m0/s1. The molecule has 1 N–H and O–H groups in total. The Kier molecular flexibility index (Phi) is 7.36. The van der Waals surface area contributed by atoms with Crippen LogP contribution >= 0.6 is 20.8 Å². The molecule has 1 aromatic carbocycles. The number of hydrogen-bond acceptors (Lipinski definition) is 5. The molecule has 2 aromatic heterocycles. The monoisotopic (exact) mass is 506 g/mol. The molecule has 1 aliphatic heterocycles. The fraction of sp³-hybridized carbons (Fsp3) is 0.348. The number of aromatic nitrogens is 2. The number of alkyl halides is 1. The van der Waals surface area contributed by atoms with Gasteiger partial charge in [0.2, 0.25) is 0 Å². The van der Waals surface area contributed by atoms with E-state index in [4.69, 9.17) is 26.1 Å². The minimum absolute atomic E-state index is 0.249. The summed E-state index contributed by atoms with van der Waals surface area (Å²) >= 11 is 6.58. The van der Waals surface area contributed by atoms with E-state index >= 15 is 0 Å². The third-order valence-electron chi connectivity index (χ3n) is 5.77. The van der Waals surface area contributed by atoms with Crippen molar-refractivity contribution in [3.63, 3.8) is 0 Å². The Morgan fingerprint density at radius 3 is 2.85 bits per heavy atom. The topological polar surface area (TPSA) is 85.2 Å². The van der Waals surface area contributed by atoms with Gasteiger partial charge in [-0.3, -0.25) is 4.79 Å². The number of carbonyl (C=O) groups excluding carboxylic acids is 2. The first kappa shape index (κ1) is 24.4. The lowest BCUT2D eigenvalue weighted by Gasteiger charge is -2.32. The summed E-state index contributed by atoms with van der Waals surface area (Å²) in [6, 6.07) is 8.38. The van der Waals surface area contributed by atoms with E-state index < -0.39 is 12.0 Å². The second-order valence-electron chi connectivity index (χ2n) is 7.88. The number of amides is 2. The maximum atomic E-state index is 13.9. The molecule has 1 fully saturated rings. The van der Waals surface area contributed by atoms with E-state index in [1.807, 2.05) is 4.40 Å². The Hall–Kier alpha value is -2.74. The van der Waals surface area contributed by atoms with Crippen LogP contribution in [0.25, 0.3) is 16.9 Å². The Labute approximate surface area is 203 Å². The maximum Gasteiger partial charge on any atom is 0.409 e. The molecule has 1 saturated heterocycles. The number of nitrogens with zero attached hydrogens (tertiary/aromatic N) is 3. The second-order valence-corrected chi connectivity index (χ2v) is 8.88. The van der Waals surface area contributed by atoms with E-state index in [0.717, 1.165) is 5.69 Å². The number of morpholine rings is 1. The van der Waals surface area contributed by atoms with Crippen LogP contribution in [0.3, 0.4) is 0 Å². The minimum Gasteiger partial charge on any atom is -0.453 e. The van der Waals surface area contributed by atoms with Crippen LogP contribution in [-0.4, -0.2) is 66.2 Å². The first-order chi connectivity index (χ1) is 16.3. The molecule has 180 valence electrons. The zero-order valence-electron chi connectivity index (χ0n) is 18.8. The van der Waals surface area contributed by atoms with Crippen LogP contribution in [0.15, 0.2) is 36.5 Å². The first-order valence-electron chi connectivity index (χ1n) is 10.7. The number of pyridine rings is 1. The minimum atomic E-state index is -1.22. The van der Waals surface area contributed by atoms with Crippen LogP contribution in [-0.2, 0) is 15.9 Å². The van der Waals surface area contributed by atoms with Crippen molar-refractivity contribution in [1.29, 1.82) is 0 Å². The van der Waals surface area contributed by atoms with Crippen LogP contribution in [0.4, 0.5) is 9.18 Å². The van der Waals surface area contributed by atoms with Crippen molar-refractivity contribution in [3.8, 4) is 11.3 Å². The van der Waals surface area contributed by atoms with Crippen LogP contribution in [0, 0.1) is 0 Å². The van der Waals surface area contributed by atoms with Crippen molar-refractivity contribution in [2.75, 3.05) is 33.9 Å². The Morgan fingerprint density at radius 2 is 2.18 bits per heavy atom. The van der Waals surface area contributed by atoms with Gasteiger partial charge < -0.3 is 24.1 Å². The highest BCUT2D eigenvalue weighted by Crippen LogP contribution is 2.34. The van der Waals surface area contributed by atoms with Gasteiger partial charge in [-0.1, -0.05) is 26.9 Å². The summed E-state index contributed by atoms with van der Waals surface area (Å²) in [7, 11) is 5.03. The number of benzene rings is 1. The van der Waals surface area contributed by atoms with Gasteiger partial charge in [0.25, 0.3) is 5.91 Å². The molecule has 0 saturated carbocycles. The molecule has 3 heterocycles. The molecule has 0 aliphatic carbocycles. The number of hydrogen-bond donors (Lipinski definition) is 1. The normalized spacial score (nSPS) is 17.0. The second kappa shape index (κ2) is 10.3. The summed E-state index contributed by atoms with van der Waals surface area (Å²) < 4.78 is 26.6. The Morgan fingerprint density at radius 1 is 1.38 bits per heavy atom. The van der Waals surface area contributed by atoms with Crippen LogP contribution in [0.2, 0.25) is 5.02 Å². The van der Waals surface area contributed by atoms with E-state index in [2.05, 4.69) is 14.6 Å². The number of nitrogens with one attached hydrogen (secondary N) is 1. The smallest absolute Gasteiger partial charge is 0.409 e. The van der Waals surface area contributed by atoms with Gasteiger partial charge >= 0.3 is 6.09 Å². The highest BCUT2D eigenvalue weighted by atomic mass is 35.5. The summed E-state index contributed by atoms with van der Waals surface area (Å²) in [6.07, 6.45) is 1.49. The summed E-state index contributed by atoms with van der Waals surface area (Å²) in [4.78, 5) is 30.4. The highest BCUT2D eigenvalue weighted by Gasteiger charge is 2.28. The predicted molar refractivity (Wildman–Crippen MR) is 130 cm³/mol. The van der Waals surface area contributed by atoms with Gasteiger partial charge in [-0.25, -0.2) is 14.2 Å². The molecular formula is C23H25ClFN4O4P. The number of fused-ring (bicyclic) bond motifs is 1. The third kappa shape index (κ3) is 4.87. The first-order valence-corrected chi connectivity index (χ1v) is 11.7. The van der Waals surface area contributed by atoms with E-state index in [1.54, 1.807) is 48.5 Å². The van der Waals surface area contributed by atoms with E-state index in [-0.39, 0.29) is 12.0 Å². The number of halogens is 2. The Bertz CT molecular complexity index is 1240. The van der Waals surface area contributed by atoms with Gasteiger partial charge in [-0.05, 0) is 29.8 Å². The quantitative estimate of drug-likeness (QED) is 0.531. The maximum absolute atomic E-state index is 13.9. The molecule has 3 atom stereocenters. The summed E-state index contributed by atoms with van der Waals surface area (Å²) in [6.45, 7) is 1.19. The SMILES string of the molecule is CNC(=O)c1ccc(-c2nc3cc(C(F)P)ccn3c2C[C@H]2CN(C(=O)OC)CCO2)c(Cl)c1. The molecule has 34 heavy (non-hydrogen) atoms. The van der Waals surface area contributed by atoms with Gasteiger partial charge in [0.15, 0.2) is 0 Å². The third-order valence-corrected chi connectivity index (χ3v) is 6.47. The molecular weight excluding hydrogens is 482 g/mol. The average molecular weight is 507 g/mol. The lowest BCUT2D eigenvalue weighted by atomic mass is 10.0. The zero-order chi connectivity index (χ0) is 24.4. The van der Waals surface area contributed by atoms with Gasteiger partial charge in [0.05, 0.1) is 42.8 Å². The number of methoxy groups -OCH3 is 1. The molecule has 0 radical (unpaired) electrons. The van der Waals surface area contributed by atoms with Gasteiger partial charge in [0.1, 0.15) is 11.6 Å². The highest BCUT2D eigenvalue weighted by molar-refractivity contribution is 7.16. The molecule has 4 rings (SSSR count). The van der Waals surface area contributed by atoms with Gasteiger partial charge in [-0.15, -0.1) is 0 Å². The fourth-order valence-corrected chi connectivity index (χ4v) is 4.52. The molecule has 3 aromatic rings. The molecule has 2 amide bonds. The van der Waals surface area contributed by atoms with Crippen molar-refractivity contribution in [3.05, 3.63) is 58.4 Å². The fourth-order valence-electron chi connectivity index (χ4n) is 4.04. The Balaban J connectivity index is 1.77. The lowest BCUT2D eigenvalue weighted by Crippen LogP contribution is -2.46. The number of rotatable bonds is 5. The van der Waals surface area contributed by atoms with Crippen molar-refractivity contribution in [1.82, 2.24) is 19.6 Å². The van der Waals surface area contributed by atoms with Crippen molar-refractivity contribution >= 4 is 38.5 Å². The zero-order valence-corrected chi connectivity index (χ0v) is 20.7. The van der Waals surface area contributed by atoms with E-state index in [1.165, 1.54) is 7.11 Å². The number of imidazole rings is 1. The van der Waals surface area contributed by atoms with Crippen LogP contribution < -0.4 is 5.32 Å². The molecule has 2 unspecified atom stereocenters. The van der Waals surface area contributed by atoms with Crippen molar-refractivity contribution < 1.29 is 23.5 Å². The lowest BCUT2D eigenvalue weighted by molar-refractivity contribution is -0.0241. The van der Waals surface area contributed by atoms with E-state index in [9.17, 15) is 14.0 Å². The number of ether oxygens (including phenoxy) is 2. The van der Waals surface area contributed by atoms with Crippen LogP contribution in [0.1, 0.15) is 27.5 Å². The molecule has 11 heteroatoms. The average Bonchev–Trinajstić information content (AvgIpc) is 3.20. The molecule has 8 nitrogen and oxygen atoms in total. The molecule has 1 aliphatic rings. The number of carbonyl (C=O) groups is 2. The van der Waals surface area contributed by atoms with Gasteiger partial charge in [0, 0.05) is 37.3 Å². The summed E-state index contributed by atoms with van der Waals surface area (Å²) in [5.74, 6) is -1.47. The summed E-state index contributed by atoms with van der Waals surface area (Å²) in [5, 5.41) is 2.94.